The fraction of sp³-hybridized carbons (Fsp3) is 0.429. The molecule has 112 valence electrons. The first kappa shape index (κ1) is 14.1. The number of amides is 1. The van der Waals surface area contributed by atoms with Gasteiger partial charge in [-0.1, -0.05) is 6.07 Å². The Balaban J connectivity index is 1.57. The summed E-state index contributed by atoms with van der Waals surface area (Å²) in [6.45, 7) is 0.409. The maximum Gasteiger partial charge on any atom is 0.220 e. The molecule has 1 aliphatic rings. The van der Waals surface area contributed by atoms with E-state index < -0.39 is 9.84 Å². The van der Waals surface area contributed by atoms with E-state index in [1.165, 1.54) is 0 Å². The predicted octanol–water partition coefficient (Wildman–Crippen LogP) is 0.775. The van der Waals surface area contributed by atoms with Crippen molar-refractivity contribution in [3.8, 4) is 0 Å². The molecule has 0 spiro atoms. The maximum atomic E-state index is 11.9. The summed E-state index contributed by atoms with van der Waals surface area (Å²) in [5.74, 6) is 0.196. The molecule has 0 bridgehead atoms. The van der Waals surface area contributed by atoms with Crippen LogP contribution in [0.3, 0.4) is 0 Å². The van der Waals surface area contributed by atoms with Crippen LogP contribution in [0.1, 0.15) is 18.4 Å². The molecule has 1 aliphatic heterocycles. The van der Waals surface area contributed by atoms with Gasteiger partial charge in [0.1, 0.15) is 0 Å². The van der Waals surface area contributed by atoms with Crippen molar-refractivity contribution in [3.63, 3.8) is 0 Å². The van der Waals surface area contributed by atoms with Crippen LogP contribution in [0.2, 0.25) is 0 Å². The molecular formula is C14H17N3O3S. The Bertz CT molecular complexity index is 767. The topological polar surface area (TPSA) is 80.5 Å². The fourth-order valence-corrected chi connectivity index (χ4v) is 4.55. The van der Waals surface area contributed by atoms with Crippen LogP contribution in [0.25, 0.3) is 5.52 Å². The predicted molar refractivity (Wildman–Crippen MR) is 78.4 cm³/mol. The van der Waals surface area contributed by atoms with Gasteiger partial charge < -0.3 is 5.32 Å². The number of carbonyl (C=O) groups is 1. The molecular weight excluding hydrogens is 290 g/mol. The van der Waals surface area contributed by atoms with Crippen LogP contribution in [-0.2, 0) is 21.2 Å². The second-order valence-electron chi connectivity index (χ2n) is 5.45. The number of carbonyl (C=O) groups excluding carboxylic acids is 1. The number of hydrogen-bond donors (Lipinski definition) is 1. The van der Waals surface area contributed by atoms with Gasteiger partial charge in [0.25, 0.3) is 0 Å². The Labute approximate surface area is 123 Å². The van der Waals surface area contributed by atoms with E-state index in [0.717, 1.165) is 11.1 Å². The third-order valence-electron chi connectivity index (χ3n) is 3.78. The normalized spacial score (nSPS) is 20.7. The van der Waals surface area contributed by atoms with Gasteiger partial charge in [-0.2, -0.15) is 5.10 Å². The Morgan fingerprint density at radius 3 is 3.05 bits per heavy atom. The van der Waals surface area contributed by atoms with Gasteiger partial charge in [-0.05, 0) is 24.5 Å². The molecule has 1 amide bonds. The molecule has 2 aromatic rings. The summed E-state index contributed by atoms with van der Waals surface area (Å²) in [5.41, 5.74) is 1.91. The number of fused-ring (bicyclic) bond motifs is 1. The van der Waals surface area contributed by atoms with E-state index in [-0.39, 0.29) is 29.8 Å². The summed E-state index contributed by atoms with van der Waals surface area (Å²) in [7, 11) is -2.92. The first-order valence-corrected chi connectivity index (χ1v) is 8.74. The van der Waals surface area contributed by atoms with Crippen molar-refractivity contribution in [3.05, 3.63) is 36.2 Å². The Kier molecular flexibility index (Phi) is 3.67. The average Bonchev–Trinajstić information content (AvgIpc) is 3.00. The maximum absolute atomic E-state index is 11.9. The van der Waals surface area contributed by atoms with Crippen molar-refractivity contribution in [2.45, 2.75) is 19.4 Å². The Hall–Kier alpha value is -1.89. The largest absolute Gasteiger partial charge is 0.352 e. The van der Waals surface area contributed by atoms with Crippen LogP contribution in [0.5, 0.6) is 0 Å². The first-order valence-electron chi connectivity index (χ1n) is 6.92. The standard InChI is InChI=1S/C14H17N3O3S/c18-14(7-11-4-6-21(19,20)10-11)15-8-12-9-16-17-5-2-1-3-13(12)17/h1-3,5,9,11H,4,6-8,10H2,(H,15,18). The number of hydrogen-bond acceptors (Lipinski definition) is 4. The summed E-state index contributed by atoms with van der Waals surface area (Å²) in [4.78, 5) is 11.9. The van der Waals surface area contributed by atoms with Crippen LogP contribution < -0.4 is 5.32 Å². The zero-order chi connectivity index (χ0) is 14.9. The highest BCUT2D eigenvalue weighted by Gasteiger charge is 2.29. The number of aromatic nitrogens is 2. The molecule has 0 aromatic carbocycles. The van der Waals surface area contributed by atoms with Gasteiger partial charge >= 0.3 is 0 Å². The van der Waals surface area contributed by atoms with Gasteiger partial charge in [0.05, 0.1) is 23.2 Å². The van der Waals surface area contributed by atoms with Gasteiger partial charge in [0, 0.05) is 24.7 Å². The second kappa shape index (κ2) is 5.48. The van der Waals surface area contributed by atoms with E-state index >= 15 is 0 Å². The number of rotatable bonds is 4. The first-order chi connectivity index (χ1) is 10.0. The van der Waals surface area contributed by atoms with Crippen molar-refractivity contribution >= 4 is 21.3 Å². The third-order valence-corrected chi connectivity index (χ3v) is 5.62. The van der Waals surface area contributed by atoms with Gasteiger partial charge in [-0.15, -0.1) is 0 Å². The molecule has 0 saturated carbocycles. The molecule has 1 saturated heterocycles. The summed E-state index contributed by atoms with van der Waals surface area (Å²) < 4.78 is 24.5. The van der Waals surface area contributed by atoms with Gasteiger partial charge in [-0.25, -0.2) is 12.9 Å². The van der Waals surface area contributed by atoms with E-state index in [0.29, 0.717) is 13.0 Å². The van der Waals surface area contributed by atoms with Crippen LogP contribution >= 0.6 is 0 Å². The van der Waals surface area contributed by atoms with E-state index in [2.05, 4.69) is 10.4 Å². The highest BCUT2D eigenvalue weighted by Crippen LogP contribution is 2.21. The number of sulfone groups is 1. The molecule has 1 atom stereocenters. The molecule has 0 aliphatic carbocycles. The number of pyridine rings is 1. The summed E-state index contributed by atoms with van der Waals surface area (Å²) >= 11 is 0. The van der Waals surface area contributed by atoms with Crippen LogP contribution in [-0.4, -0.2) is 35.4 Å². The van der Waals surface area contributed by atoms with Crippen molar-refractivity contribution in [1.82, 2.24) is 14.9 Å². The molecule has 7 heteroatoms. The van der Waals surface area contributed by atoms with Crippen LogP contribution in [0.4, 0.5) is 0 Å². The SMILES string of the molecule is O=C(CC1CCS(=O)(=O)C1)NCc1cnn2ccccc12. The average molecular weight is 307 g/mol. The van der Waals surface area contributed by atoms with Gasteiger partial charge in [0.15, 0.2) is 9.84 Å². The van der Waals surface area contributed by atoms with E-state index in [4.69, 9.17) is 0 Å². The number of nitrogens with one attached hydrogen (secondary N) is 1. The second-order valence-corrected chi connectivity index (χ2v) is 7.68. The van der Waals surface area contributed by atoms with Crippen LogP contribution in [0.15, 0.2) is 30.6 Å². The quantitative estimate of drug-likeness (QED) is 0.905. The van der Waals surface area contributed by atoms with E-state index in [1.807, 2.05) is 24.4 Å². The lowest BCUT2D eigenvalue weighted by Gasteiger charge is -2.08. The summed E-state index contributed by atoms with van der Waals surface area (Å²) in [5, 5.41) is 7.05. The Morgan fingerprint density at radius 2 is 2.29 bits per heavy atom. The molecule has 1 N–H and O–H groups in total. The number of nitrogens with zero attached hydrogens (tertiary/aromatic N) is 2. The van der Waals surface area contributed by atoms with Crippen molar-refractivity contribution in [2.24, 2.45) is 5.92 Å². The highest BCUT2D eigenvalue weighted by atomic mass is 32.2. The lowest BCUT2D eigenvalue weighted by Crippen LogP contribution is -2.25. The summed E-state index contributed by atoms with van der Waals surface area (Å²) in [6.07, 6.45) is 4.45. The van der Waals surface area contributed by atoms with Gasteiger partial charge in [-0.3, -0.25) is 4.79 Å². The van der Waals surface area contributed by atoms with E-state index in [1.54, 1.807) is 10.7 Å². The highest BCUT2D eigenvalue weighted by molar-refractivity contribution is 7.91. The lowest BCUT2D eigenvalue weighted by atomic mass is 10.1. The van der Waals surface area contributed by atoms with Crippen molar-refractivity contribution < 1.29 is 13.2 Å². The zero-order valence-electron chi connectivity index (χ0n) is 11.5. The minimum atomic E-state index is -2.92. The minimum absolute atomic E-state index is 0.0427. The third kappa shape index (κ3) is 3.24. The van der Waals surface area contributed by atoms with E-state index in [9.17, 15) is 13.2 Å². The Morgan fingerprint density at radius 1 is 1.43 bits per heavy atom. The lowest BCUT2D eigenvalue weighted by molar-refractivity contribution is -0.122. The monoisotopic (exact) mass is 307 g/mol. The molecule has 21 heavy (non-hydrogen) atoms. The molecule has 6 nitrogen and oxygen atoms in total. The van der Waals surface area contributed by atoms with Crippen molar-refractivity contribution in [2.75, 3.05) is 11.5 Å². The molecule has 3 rings (SSSR count). The van der Waals surface area contributed by atoms with Gasteiger partial charge in [0.2, 0.25) is 5.91 Å². The zero-order valence-corrected chi connectivity index (χ0v) is 12.3. The molecule has 1 fully saturated rings. The fourth-order valence-electron chi connectivity index (χ4n) is 2.68. The molecule has 1 unspecified atom stereocenters. The molecule has 0 radical (unpaired) electrons. The molecule has 3 heterocycles. The summed E-state index contributed by atoms with van der Waals surface area (Å²) in [6, 6.07) is 5.76. The van der Waals surface area contributed by atoms with Crippen molar-refractivity contribution in [1.29, 1.82) is 0 Å². The van der Waals surface area contributed by atoms with Crippen LogP contribution in [0, 0.1) is 5.92 Å². The minimum Gasteiger partial charge on any atom is -0.352 e. The molecule has 2 aromatic heterocycles. The smallest absolute Gasteiger partial charge is 0.220 e.